The monoisotopic (exact) mass is 254 g/mol. The lowest BCUT2D eigenvalue weighted by atomic mass is 9.88. The van der Waals surface area contributed by atoms with Crippen LogP contribution in [0.2, 0.25) is 0 Å². The Kier molecular flexibility index (Phi) is 5.46. The zero-order valence-corrected chi connectivity index (χ0v) is 12.0. The van der Waals surface area contributed by atoms with Gasteiger partial charge in [-0.05, 0) is 38.6 Å². The highest BCUT2D eigenvalue weighted by molar-refractivity contribution is 4.91. The van der Waals surface area contributed by atoms with Crippen LogP contribution in [0, 0.1) is 5.92 Å². The van der Waals surface area contributed by atoms with Crippen molar-refractivity contribution in [3.05, 3.63) is 0 Å². The molecule has 2 aliphatic rings. The number of rotatable bonds is 7. The Bertz CT molecular complexity index is 233. The van der Waals surface area contributed by atoms with E-state index in [0.717, 1.165) is 32.2 Å². The van der Waals surface area contributed by atoms with E-state index in [-0.39, 0.29) is 5.54 Å². The number of nitrogens with two attached hydrogens (primary N) is 1. The third kappa shape index (κ3) is 3.94. The smallest absolute Gasteiger partial charge is 0.0593 e. The van der Waals surface area contributed by atoms with Gasteiger partial charge in [0.2, 0.25) is 0 Å². The van der Waals surface area contributed by atoms with Crippen LogP contribution in [0.15, 0.2) is 0 Å². The number of ether oxygens (including phenoxy) is 1. The molecule has 2 rings (SSSR count). The van der Waals surface area contributed by atoms with Gasteiger partial charge in [-0.25, -0.2) is 0 Å². The van der Waals surface area contributed by atoms with Crippen molar-refractivity contribution in [3.8, 4) is 0 Å². The first-order valence-corrected chi connectivity index (χ1v) is 7.76. The second-order valence-electron chi connectivity index (χ2n) is 6.28. The third-order valence-corrected chi connectivity index (χ3v) is 4.85. The molecular formula is C15H30N2O. The molecule has 0 bridgehead atoms. The molecule has 0 aromatic carbocycles. The fourth-order valence-electron chi connectivity index (χ4n) is 3.10. The Morgan fingerprint density at radius 1 is 1.17 bits per heavy atom. The molecule has 106 valence electrons. The molecule has 0 saturated heterocycles. The highest BCUT2D eigenvalue weighted by Crippen LogP contribution is 2.31. The van der Waals surface area contributed by atoms with Crippen molar-refractivity contribution < 1.29 is 4.74 Å². The van der Waals surface area contributed by atoms with Crippen molar-refractivity contribution in [2.75, 3.05) is 33.4 Å². The average molecular weight is 254 g/mol. The van der Waals surface area contributed by atoms with Crippen LogP contribution in [0.1, 0.15) is 51.4 Å². The first kappa shape index (κ1) is 14.3. The SMILES string of the molecule is CN(CCOCC1CC1)C1(CN)CCCCCC1. The van der Waals surface area contributed by atoms with Gasteiger partial charge in [0.15, 0.2) is 0 Å². The lowest BCUT2D eigenvalue weighted by Gasteiger charge is -2.41. The Morgan fingerprint density at radius 2 is 1.83 bits per heavy atom. The quantitative estimate of drug-likeness (QED) is 0.560. The van der Waals surface area contributed by atoms with E-state index in [0.29, 0.717) is 0 Å². The van der Waals surface area contributed by atoms with Crippen LogP contribution < -0.4 is 5.73 Å². The van der Waals surface area contributed by atoms with Crippen molar-refractivity contribution in [3.63, 3.8) is 0 Å². The van der Waals surface area contributed by atoms with Gasteiger partial charge < -0.3 is 10.5 Å². The van der Waals surface area contributed by atoms with Crippen molar-refractivity contribution in [2.24, 2.45) is 11.7 Å². The average Bonchev–Trinajstić information content (AvgIpc) is 3.21. The highest BCUT2D eigenvalue weighted by atomic mass is 16.5. The van der Waals surface area contributed by atoms with Crippen LogP contribution in [0.5, 0.6) is 0 Å². The molecule has 3 heteroatoms. The number of hydrogen-bond acceptors (Lipinski definition) is 3. The van der Waals surface area contributed by atoms with Gasteiger partial charge in [0.1, 0.15) is 0 Å². The van der Waals surface area contributed by atoms with Crippen molar-refractivity contribution in [1.82, 2.24) is 4.90 Å². The van der Waals surface area contributed by atoms with Crippen molar-refractivity contribution in [1.29, 1.82) is 0 Å². The molecule has 0 heterocycles. The Balaban J connectivity index is 1.73. The van der Waals surface area contributed by atoms with Crippen molar-refractivity contribution >= 4 is 0 Å². The zero-order chi connectivity index (χ0) is 12.8. The Morgan fingerprint density at radius 3 is 2.39 bits per heavy atom. The van der Waals surface area contributed by atoms with Gasteiger partial charge in [-0.15, -0.1) is 0 Å². The minimum absolute atomic E-state index is 0.249. The first-order valence-electron chi connectivity index (χ1n) is 7.76. The number of hydrogen-bond donors (Lipinski definition) is 1. The van der Waals surface area contributed by atoms with Gasteiger partial charge in [-0.3, -0.25) is 4.90 Å². The molecule has 2 N–H and O–H groups in total. The molecule has 3 nitrogen and oxygen atoms in total. The zero-order valence-electron chi connectivity index (χ0n) is 12.0. The summed E-state index contributed by atoms with van der Waals surface area (Å²) in [5.41, 5.74) is 6.34. The van der Waals surface area contributed by atoms with Gasteiger partial charge in [0.25, 0.3) is 0 Å². The second kappa shape index (κ2) is 6.88. The van der Waals surface area contributed by atoms with Crippen LogP contribution in [-0.4, -0.2) is 43.8 Å². The molecule has 2 saturated carbocycles. The molecule has 0 aromatic heterocycles. The predicted molar refractivity (Wildman–Crippen MR) is 75.7 cm³/mol. The lowest BCUT2D eigenvalue weighted by Crippen LogP contribution is -2.52. The third-order valence-electron chi connectivity index (χ3n) is 4.85. The molecule has 2 aliphatic carbocycles. The van der Waals surface area contributed by atoms with Crippen LogP contribution in [0.4, 0.5) is 0 Å². The molecule has 0 aliphatic heterocycles. The van der Waals surface area contributed by atoms with E-state index in [1.807, 2.05) is 0 Å². The summed E-state index contributed by atoms with van der Waals surface area (Å²) in [7, 11) is 2.23. The van der Waals surface area contributed by atoms with Crippen LogP contribution in [0.3, 0.4) is 0 Å². The molecular weight excluding hydrogens is 224 g/mol. The molecule has 0 aromatic rings. The summed E-state index contributed by atoms with van der Waals surface area (Å²) in [6.45, 7) is 3.67. The fourth-order valence-corrected chi connectivity index (χ4v) is 3.10. The topological polar surface area (TPSA) is 38.5 Å². The highest BCUT2D eigenvalue weighted by Gasteiger charge is 2.33. The van der Waals surface area contributed by atoms with E-state index >= 15 is 0 Å². The number of likely N-dealkylation sites (N-methyl/N-ethyl adjacent to an activating group) is 1. The maximum atomic E-state index is 6.09. The maximum Gasteiger partial charge on any atom is 0.0593 e. The van der Waals surface area contributed by atoms with E-state index in [4.69, 9.17) is 10.5 Å². The standard InChI is InChI=1S/C15H30N2O/c1-17(10-11-18-12-14-6-7-14)15(13-16)8-4-2-3-5-9-15/h14H,2-13,16H2,1H3. The maximum absolute atomic E-state index is 6.09. The molecule has 0 spiro atoms. The largest absolute Gasteiger partial charge is 0.380 e. The van der Waals surface area contributed by atoms with Gasteiger partial charge in [-0.2, -0.15) is 0 Å². The van der Waals surface area contributed by atoms with Crippen LogP contribution in [-0.2, 0) is 4.74 Å². The van der Waals surface area contributed by atoms with E-state index in [1.165, 1.54) is 51.4 Å². The minimum atomic E-state index is 0.249. The summed E-state index contributed by atoms with van der Waals surface area (Å²) in [4.78, 5) is 2.48. The summed E-state index contributed by atoms with van der Waals surface area (Å²) < 4.78 is 5.76. The lowest BCUT2D eigenvalue weighted by molar-refractivity contribution is 0.0511. The van der Waals surface area contributed by atoms with E-state index in [1.54, 1.807) is 0 Å². The predicted octanol–water partition coefficient (Wildman–Crippen LogP) is 2.40. The fraction of sp³-hybridized carbons (Fsp3) is 1.00. The summed E-state index contributed by atoms with van der Waals surface area (Å²) in [5, 5.41) is 0. The first-order chi connectivity index (χ1) is 8.77. The number of nitrogens with zero attached hydrogens (tertiary/aromatic N) is 1. The Labute approximate surface area is 112 Å². The second-order valence-corrected chi connectivity index (χ2v) is 6.28. The minimum Gasteiger partial charge on any atom is -0.380 e. The summed E-state index contributed by atoms with van der Waals surface area (Å²) >= 11 is 0. The Hall–Kier alpha value is -0.120. The summed E-state index contributed by atoms with van der Waals surface area (Å²) in [6.07, 6.45) is 10.7. The van der Waals surface area contributed by atoms with E-state index < -0.39 is 0 Å². The summed E-state index contributed by atoms with van der Waals surface area (Å²) in [5.74, 6) is 0.872. The van der Waals surface area contributed by atoms with Crippen molar-refractivity contribution in [2.45, 2.75) is 56.9 Å². The normalized spacial score (nSPS) is 24.2. The van der Waals surface area contributed by atoms with Crippen LogP contribution >= 0.6 is 0 Å². The van der Waals surface area contributed by atoms with Gasteiger partial charge >= 0.3 is 0 Å². The molecule has 2 fully saturated rings. The molecule has 0 unspecified atom stereocenters. The van der Waals surface area contributed by atoms with Crippen LogP contribution in [0.25, 0.3) is 0 Å². The molecule has 0 amide bonds. The van der Waals surface area contributed by atoms with Gasteiger partial charge in [0, 0.05) is 25.2 Å². The van der Waals surface area contributed by atoms with E-state index in [9.17, 15) is 0 Å². The summed E-state index contributed by atoms with van der Waals surface area (Å²) in [6, 6.07) is 0. The van der Waals surface area contributed by atoms with E-state index in [2.05, 4.69) is 11.9 Å². The molecule has 0 radical (unpaired) electrons. The molecule has 0 atom stereocenters. The van der Waals surface area contributed by atoms with Gasteiger partial charge in [0.05, 0.1) is 6.61 Å². The molecule has 18 heavy (non-hydrogen) atoms. The van der Waals surface area contributed by atoms with Gasteiger partial charge in [-0.1, -0.05) is 25.7 Å².